The van der Waals surface area contributed by atoms with E-state index in [9.17, 15) is 9.90 Å². The van der Waals surface area contributed by atoms with Crippen LogP contribution in [0.25, 0.3) is 11.6 Å². The van der Waals surface area contributed by atoms with Gasteiger partial charge in [0.15, 0.2) is 0 Å². The van der Waals surface area contributed by atoms with Gasteiger partial charge in [-0.25, -0.2) is 4.79 Å². The molecule has 114 valence electrons. The van der Waals surface area contributed by atoms with Crippen LogP contribution in [-0.4, -0.2) is 17.7 Å². The van der Waals surface area contributed by atoms with Gasteiger partial charge in [-0.3, -0.25) is 0 Å². The summed E-state index contributed by atoms with van der Waals surface area (Å²) >= 11 is 0. The van der Waals surface area contributed by atoms with Crippen molar-refractivity contribution >= 4 is 17.6 Å². The number of hydrogen-bond donors (Lipinski definition) is 1. The van der Waals surface area contributed by atoms with Gasteiger partial charge in [0.1, 0.15) is 5.75 Å². The molecule has 0 unspecified atom stereocenters. The molecule has 2 aromatic carbocycles. The number of benzene rings is 2. The first-order valence-corrected chi connectivity index (χ1v) is 7.26. The van der Waals surface area contributed by atoms with E-state index in [0.29, 0.717) is 6.61 Å². The molecular formula is C19H20O3. The van der Waals surface area contributed by atoms with E-state index >= 15 is 0 Å². The minimum absolute atomic E-state index is 0.283. The first kappa shape index (κ1) is 15.8. The molecule has 0 spiro atoms. The fourth-order valence-corrected chi connectivity index (χ4v) is 2.40. The maximum atomic E-state index is 11.7. The van der Waals surface area contributed by atoms with Crippen molar-refractivity contribution in [3.63, 3.8) is 0 Å². The Morgan fingerprint density at radius 1 is 1.18 bits per heavy atom. The second-order valence-electron chi connectivity index (χ2n) is 5.19. The summed E-state index contributed by atoms with van der Waals surface area (Å²) in [4.78, 5) is 11.7. The Morgan fingerprint density at radius 2 is 1.95 bits per heavy atom. The lowest BCUT2D eigenvalue weighted by Gasteiger charge is -2.09. The fourth-order valence-electron chi connectivity index (χ4n) is 2.40. The van der Waals surface area contributed by atoms with Gasteiger partial charge in [-0.1, -0.05) is 35.9 Å². The number of carbonyl (C=O) groups is 1. The number of carboxylic acid groups (broad SMARTS) is 1. The number of aliphatic carboxylic acids is 1. The molecule has 0 atom stereocenters. The van der Waals surface area contributed by atoms with Gasteiger partial charge in [0.2, 0.25) is 0 Å². The molecular weight excluding hydrogens is 276 g/mol. The van der Waals surface area contributed by atoms with Crippen LogP contribution in [0.15, 0.2) is 42.5 Å². The lowest BCUT2D eigenvalue weighted by atomic mass is 9.97. The topological polar surface area (TPSA) is 46.5 Å². The summed E-state index contributed by atoms with van der Waals surface area (Å²) in [5.74, 6) is -0.199. The highest BCUT2D eigenvalue weighted by atomic mass is 16.5. The van der Waals surface area contributed by atoms with Crippen molar-refractivity contribution in [2.24, 2.45) is 0 Å². The second kappa shape index (κ2) is 6.94. The molecule has 2 rings (SSSR count). The molecule has 0 aliphatic heterocycles. The molecule has 0 radical (unpaired) electrons. The zero-order valence-corrected chi connectivity index (χ0v) is 13.1. The van der Waals surface area contributed by atoms with E-state index in [4.69, 9.17) is 4.74 Å². The number of carboxylic acids is 1. The summed E-state index contributed by atoms with van der Waals surface area (Å²) in [5, 5.41) is 9.55. The summed E-state index contributed by atoms with van der Waals surface area (Å²) in [6, 6.07) is 13.2. The van der Waals surface area contributed by atoms with Crippen molar-refractivity contribution in [2.75, 3.05) is 6.61 Å². The van der Waals surface area contributed by atoms with Crippen LogP contribution in [0, 0.1) is 13.8 Å². The Labute approximate surface area is 130 Å². The monoisotopic (exact) mass is 296 g/mol. The molecule has 3 heteroatoms. The van der Waals surface area contributed by atoms with Gasteiger partial charge in [0.05, 0.1) is 12.2 Å². The normalized spacial score (nSPS) is 11.3. The minimum Gasteiger partial charge on any atom is -0.494 e. The highest BCUT2D eigenvalue weighted by Crippen LogP contribution is 2.24. The molecule has 2 aromatic rings. The van der Waals surface area contributed by atoms with E-state index in [1.165, 1.54) is 0 Å². The lowest BCUT2D eigenvalue weighted by molar-refractivity contribution is -0.130. The Bertz CT molecular complexity index is 714. The average molecular weight is 296 g/mol. The van der Waals surface area contributed by atoms with Crippen LogP contribution in [0.3, 0.4) is 0 Å². The molecule has 0 heterocycles. The first-order chi connectivity index (χ1) is 10.5. The lowest BCUT2D eigenvalue weighted by Crippen LogP contribution is -2.02. The van der Waals surface area contributed by atoms with Gasteiger partial charge >= 0.3 is 5.97 Å². The maximum absolute atomic E-state index is 11.7. The van der Waals surface area contributed by atoms with Crippen LogP contribution >= 0.6 is 0 Å². The van der Waals surface area contributed by atoms with Crippen LogP contribution in [0.1, 0.15) is 29.2 Å². The van der Waals surface area contributed by atoms with Gasteiger partial charge in [-0.2, -0.15) is 0 Å². The van der Waals surface area contributed by atoms with Gasteiger partial charge in [-0.15, -0.1) is 0 Å². The molecule has 3 nitrogen and oxygen atoms in total. The molecule has 0 aliphatic carbocycles. The van der Waals surface area contributed by atoms with Crippen molar-refractivity contribution in [3.05, 3.63) is 64.7 Å². The van der Waals surface area contributed by atoms with E-state index in [1.54, 1.807) is 6.08 Å². The SMILES string of the molecule is CCOc1cccc(/C=C(\C(=O)O)c2ccc(C)cc2C)c1. The van der Waals surface area contributed by atoms with Gasteiger partial charge in [-0.05, 0) is 55.7 Å². The standard InChI is InChI=1S/C19H20O3/c1-4-22-16-7-5-6-15(11-16)12-18(19(20)21)17-9-8-13(2)10-14(17)3/h5-12H,4H2,1-3H3,(H,20,21)/b18-12-. The summed E-state index contributed by atoms with van der Waals surface area (Å²) in [6.45, 7) is 6.42. The summed E-state index contributed by atoms with van der Waals surface area (Å²) in [7, 11) is 0. The van der Waals surface area contributed by atoms with Gasteiger partial charge in [0, 0.05) is 0 Å². The summed E-state index contributed by atoms with van der Waals surface area (Å²) < 4.78 is 5.46. The number of rotatable bonds is 5. The van der Waals surface area contributed by atoms with Crippen molar-refractivity contribution in [1.29, 1.82) is 0 Å². The third-order valence-corrected chi connectivity index (χ3v) is 3.38. The van der Waals surface area contributed by atoms with Crippen LogP contribution in [-0.2, 0) is 4.79 Å². The zero-order chi connectivity index (χ0) is 16.1. The highest BCUT2D eigenvalue weighted by molar-refractivity contribution is 6.21. The summed E-state index contributed by atoms with van der Waals surface area (Å²) in [6.07, 6.45) is 1.68. The molecule has 0 aromatic heterocycles. The van der Waals surface area contributed by atoms with Gasteiger partial charge in [0.25, 0.3) is 0 Å². The van der Waals surface area contributed by atoms with Crippen LogP contribution in [0.2, 0.25) is 0 Å². The van der Waals surface area contributed by atoms with Crippen molar-refractivity contribution in [1.82, 2.24) is 0 Å². The Balaban J connectivity index is 2.47. The Hall–Kier alpha value is -2.55. The van der Waals surface area contributed by atoms with E-state index in [0.717, 1.165) is 28.0 Å². The van der Waals surface area contributed by atoms with E-state index in [2.05, 4.69) is 0 Å². The molecule has 0 saturated heterocycles. The number of aryl methyl sites for hydroxylation is 2. The highest BCUT2D eigenvalue weighted by Gasteiger charge is 2.13. The van der Waals surface area contributed by atoms with E-state index in [-0.39, 0.29) is 5.57 Å². The van der Waals surface area contributed by atoms with Crippen molar-refractivity contribution < 1.29 is 14.6 Å². The number of ether oxygens (including phenoxy) is 1. The molecule has 0 fully saturated rings. The molecule has 1 N–H and O–H groups in total. The van der Waals surface area contributed by atoms with Crippen LogP contribution in [0.5, 0.6) is 5.75 Å². The van der Waals surface area contributed by atoms with Crippen LogP contribution in [0.4, 0.5) is 0 Å². The van der Waals surface area contributed by atoms with Crippen molar-refractivity contribution in [2.45, 2.75) is 20.8 Å². The first-order valence-electron chi connectivity index (χ1n) is 7.26. The molecule has 0 saturated carbocycles. The largest absolute Gasteiger partial charge is 0.494 e. The Kier molecular flexibility index (Phi) is 4.99. The van der Waals surface area contributed by atoms with Gasteiger partial charge < -0.3 is 9.84 Å². The molecule has 0 bridgehead atoms. The molecule has 22 heavy (non-hydrogen) atoms. The average Bonchev–Trinajstić information content (AvgIpc) is 2.46. The fraction of sp³-hybridized carbons (Fsp3) is 0.211. The van der Waals surface area contributed by atoms with Crippen molar-refractivity contribution in [3.8, 4) is 5.75 Å². The number of hydrogen-bond acceptors (Lipinski definition) is 2. The predicted molar refractivity (Wildman–Crippen MR) is 89.0 cm³/mol. The van der Waals surface area contributed by atoms with E-state index in [1.807, 2.05) is 63.2 Å². The maximum Gasteiger partial charge on any atom is 0.336 e. The third kappa shape index (κ3) is 3.76. The second-order valence-corrected chi connectivity index (χ2v) is 5.19. The predicted octanol–water partition coefficient (Wildman–Crippen LogP) is 4.33. The molecule has 0 aliphatic rings. The molecule has 0 amide bonds. The van der Waals surface area contributed by atoms with Crippen LogP contribution < -0.4 is 4.74 Å². The summed E-state index contributed by atoms with van der Waals surface area (Å²) in [5.41, 5.74) is 3.90. The quantitative estimate of drug-likeness (QED) is 0.660. The third-order valence-electron chi connectivity index (χ3n) is 3.38. The smallest absolute Gasteiger partial charge is 0.336 e. The Morgan fingerprint density at radius 3 is 2.59 bits per heavy atom. The minimum atomic E-state index is -0.936. The zero-order valence-electron chi connectivity index (χ0n) is 13.1. The van der Waals surface area contributed by atoms with E-state index < -0.39 is 5.97 Å².